The van der Waals surface area contributed by atoms with Crippen molar-refractivity contribution < 1.29 is 9.90 Å². The van der Waals surface area contributed by atoms with Crippen LogP contribution in [-0.2, 0) is 4.79 Å². The average molecular weight is 294 g/mol. The Morgan fingerprint density at radius 2 is 1.71 bits per heavy atom. The minimum atomic E-state index is -0.648. The minimum absolute atomic E-state index is 0.440. The Morgan fingerprint density at radius 3 is 2.29 bits per heavy atom. The van der Waals surface area contributed by atoms with Gasteiger partial charge in [-0.2, -0.15) is 0 Å². The lowest BCUT2D eigenvalue weighted by Gasteiger charge is -2.34. The molecule has 3 fully saturated rings. The molecule has 0 saturated heterocycles. The van der Waals surface area contributed by atoms with Gasteiger partial charge in [0.25, 0.3) is 0 Å². The van der Waals surface area contributed by atoms with Gasteiger partial charge in [0.05, 0.1) is 0 Å². The van der Waals surface area contributed by atoms with E-state index in [4.69, 9.17) is 0 Å². The molecule has 120 valence electrons. The van der Waals surface area contributed by atoms with Gasteiger partial charge in [0, 0.05) is 18.1 Å². The molecule has 0 spiro atoms. The van der Waals surface area contributed by atoms with Gasteiger partial charge < -0.3 is 10.0 Å². The van der Waals surface area contributed by atoms with Gasteiger partial charge in [-0.1, -0.05) is 25.7 Å². The van der Waals surface area contributed by atoms with Crippen LogP contribution in [0, 0.1) is 0 Å². The van der Waals surface area contributed by atoms with Crippen LogP contribution in [-0.4, -0.2) is 46.7 Å². The van der Waals surface area contributed by atoms with Crippen LogP contribution in [0.2, 0.25) is 0 Å². The van der Waals surface area contributed by atoms with Gasteiger partial charge >= 0.3 is 5.97 Å². The molecule has 0 aromatic rings. The number of carbonyl (C=O) groups is 1. The lowest BCUT2D eigenvalue weighted by atomic mass is 9.96. The van der Waals surface area contributed by atoms with Crippen molar-refractivity contribution in [2.24, 2.45) is 0 Å². The van der Waals surface area contributed by atoms with E-state index in [-0.39, 0.29) is 0 Å². The lowest BCUT2D eigenvalue weighted by Crippen LogP contribution is -2.52. The molecule has 0 radical (unpaired) electrons. The maximum atomic E-state index is 11.8. The van der Waals surface area contributed by atoms with E-state index in [1.54, 1.807) is 0 Å². The molecule has 2 unspecified atom stereocenters. The number of rotatable bonds is 5. The summed E-state index contributed by atoms with van der Waals surface area (Å²) in [5.41, 5.74) is -0.648. The van der Waals surface area contributed by atoms with Crippen molar-refractivity contribution in [2.45, 2.75) is 94.3 Å². The standard InChI is InChI=1S/C17H30N2O2/c1-19(14-6-4-2-3-5-7-14)15-10-11-17(12-15,16(20)21)18-13-8-9-13/h13-15,18H,2-12H2,1H3,(H,20,21). The third-order valence-electron chi connectivity index (χ3n) is 5.93. The van der Waals surface area contributed by atoms with Gasteiger partial charge in [-0.15, -0.1) is 0 Å². The first-order valence-corrected chi connectivity index (χ1v) is 8.84. The maximum absolute atomic E-state index is 11.8. The third-order valence-corrected chi connectivity index (χ3v) is 5.93. The third kappa shape index (κ3) is 3.42. The number of nitrogens with zero attached hydrogens (tertiary/aromatic N) is 1. The molecule has 0 bridgehead atoms. The van der Waals surface area contributed by atoms with E-state index in [0.717, 1.165) is 32.1 Å². The predicted molar refractivity (Wildman–Crippen MR) is 83.4 cm³/mol. The summed E-state index contributed by atoms with van der Waals surface area (Å²) in [5, 5.41) is 13.2. The van der Waals surface area contributed by atoms with Crippen molar-refractivity contribution in [1.29, 1.82) is 0 Å². The van der Waals surface area contributed by atoms with Crippen molar-refractivity contribution in [1.82, 2.24) is 10.2 Å². The molecular formula is C17H30N2O2. The molecule has 0 heterocycles. The fraction of sp³-hybridized carbons (Fsp3) is 0.941. The highest BCUT2D eigenvalue weighted by atomic mass is 16.4. The summed E-state index contributed by atoms with van der Waals surface area (Å²) in [6.07, 6.45) is 12.9. The van der Waals surface area contributed by atoms with E-state index < -0.39 is 11.5 Å². The van der Waals surface area contributed by atoms with E-state index in [1.807, 2.05) is 0 Å². The quantitative estimate of drug-likeness (QED) is 0.766. The molecule has 0 aromatic heterocycles. The van der Waals surface area contributed by atoms with E-state index in [9.17, 15) is 9.90 Å². The number of carboxylic acid groups (broad SMARTS) is 1. The van der Waals surface area contributed by atoms with E-state index in [1.165, 1.54) is 38.5 Å². The minimum Gasteiger partial charge on any atom is -0.480 e. The molecule has 21 heavy (non-hydrogen) atoms. The smallest absolute Gasteiger partial charge is 0.323 e. The molecule has 0 aromatic carbocycles. The Hall–Kier alpha value is -0.610. The molecule has 2 N–H and O–H groups in total. The Labute approximate surface area is 128 Å². The zero-order valence-corrected chi connectivity index (χ0v) is 13.3. The van der Waals surface area contributed by atoms with Crippen molar-refractivity contribution in [3.8, 4) is 0 Å². The number of aliphatic carboxylic acids is 1. The molecule has 3 aliphatic carbocycles. The highest BCUT2D eigenvalue weighted by Crippen LogP contribution is 2.38. The summed E-state index contributed by atoms with van der Waals surface area (Å²) in [5.74, 6) is -0.633. The number of hydrogen-bond donors (Lipinski definition) is 2. The molecule has 4 heteroatoms. The van der Waals surface area contributed by atoms with Crippen molar-refractivity contribution in [2.75, 3.05) is 7.05 Å². The second-order valence-corrected chi connectivity index (χ2v) is 7.51. The van der Waals surface area contributed by atoms with E-state index in [2.05, 4.69) is 17.3 Å². The van der Waals surface area contributed by atoms with Gasteiger partial charge in [0.2, 0.25) is 0 Å². The summed E-state index contributed by atoms with van der Waals surface area (Å²) in [6, 6.07) is 1.57. The Bertz CT molecular complexity index is 375. The molecule has 4 nitrogen and oxygen atoms in total. The zero-order chi connectivity index (χ0) is 14.9. The normalized spacial score (nSPS) is 35.0. The molecule has 3 saturated carbocycles. The Morgan fingerprint density at radius 1 is 1.05 bits per heavy atom. The first-order chi connectivity index (χ1) is 10.1. The van der Waals surface area contributed by atoms with E-state index in [0.29, 0.717) is 18.1 Å². The van der Waals surface area contributed by atoms with Gasteiger partial charge in [-0.3, -0.25) is 10.1 Å². The van der Waals surface area contributed by atoms with Crippen LogP contribution >= 0.6 is 0 Å². The van der Waals surface area contributed by atoms with Gasteiger partial charge in [-0.05, 0) is 52.0 Å². The SMILES string of the molecule is CN(C1CCCCCC1)C1CCC(NC2CC2)(C(=O)O)C1. The number of hydrogen-bond acceptors (Lipinski definition) is 3. The van der Waals surface area contributed by atoms with Crippen LogP contribution in [0.25, 0.3) is 0 Å². The summed E-state index contributed by atoms with van der Waals surface area (Å²) < 4.78 is 0. The highest BCUT2D eigenvalue weighted by molar-refractivity contribution is 5.79. The molecule has 0 amide bonds. The summed E-state index contributed by atoms with van der Waals surface area (Å²) >= 11 is 0. The summed E-state index contributed by atoms with van der Waals surface area (Å²) in [7, 11) is 2.23. The van der Waals surface area contributed by atoms with Gasteiger partial charge in [0.1, 0.15) is 5.54 Å². The largest absolute Gasteiger partial charge is 0.480 e. The van der Waals surface area contributed by atoms with Crippen LogP contribution in [0.4, 0.5) is 0 Å². The number of carboxylic acids is 1. The molecular weight excluding hydrogens is 264 g/mol. The Kier molecular flexibility index (Phi) is 4.55. The van der Waals surface area contributed by atoms with Crippen LogP contribution in [0.3, 0.4) is 0 Å². The topological polar surface area (TPSA) is 52.6 Å². The van der Waals surface area contributed by atoms with Crippen LogP contribution < -0.4 is 5.32 Å². The molecule has 2 atom stereocenters. The first-order valence-electron chi connectivity index (χ1n) is 8.84. The van der Waals surface area contributed by atoms with Gasteiger partial charge in [0.15, 0.2) is 0 Å². The Balaban J connectivity index is 1.62. The van der Waals surface area contributed by atoms with Crippen LogP contribution in [0.15, 0.2) is 0 Å². The lowest BCUT2D eigenvalue weighted by molar-refractivity contribution is -0.145. The van der Waals surface area contributed by atoms with Crippen molar-refractivity contribution in [3.63, 3.8) is 0 Å². The molecule has 3 aliphatic rings. The van der Waals surface area contributed by atoms with Crippen LogP contribution in [0.5, 0.6) is 0 Å². The fourth-order valence-corrected chi connectivity index (χ4v) is 4.34. The van der Waals surface area contributed by atoms with Crippen LogP contribution in [0.1, 0.15) is 70.6 Å². The van der Waals surface area contributed by atoms with Gasteiger partial charge in [-0.25, -0.2) is 0 Å². The highest BCUT2D eigenvalue weighted by Gasteiger charge is 2.49. The maximum Gasteiger partial charge on any atom is 0.323 e. The second-order valence-electron chi connectivity index (χ2n) is 7.51. The monoisotopic (exact) mass is 294 g/mol. The average Bonchev–Trinajstić information content (AvgIpc) is 3.21. The summed E-state index contributed by atoms with van der Waals surface area (Å²) in [6.45, 7) is 0. The fourth-order valence-electron chi connectivity index (χ4n) is 4.34. The molecule has 3 rings (SSSR count). The summed E-state index contributed by atoms with van der Waals surface area (Å²) in [4.78, 5) is 14.3. The molecule has 0 aliphatic heterocycles. The van der Waals surface area contributed by atoms with Crippen molar-refractivity contribution >= 4 is 5.97 Å². The van der Waals surface area contributed by atoms with Crippen molar-refractivity contribution in [3.05, 3.63) is 0 Å². The van der Waals surface area contributed by atoms with E-state index >= 15 is 0 Å². The second kappa shape index (κ2) is 6.25. The first kappa shape index (κ1) is 15.3. The number of nitrogens with one attached hydrogen (secondary N) is 1. The zero-order valence-electron chi connectivity index (χ0n) is 13.3. The predicted octanol–water partition coefficient (Wildman–Crippen LogP) is 2.77.